The Morgan fingerprint density at radius 2 is 1.47 bits per heavy atom. The van der Waals surface area contributed by atoms with Crippen LogP contribution in [0.25, 0.3) is 0 Å². The van der Waals surface area contributed by atoms with E-state index in [1.54, 1.807) is 23.1 Å². The van der Waals surface area contributed by atoms with Crippen molar-refractivity contribution in [3.05, 3.63) is 48.0 Å². The first kappa shape index (κ1) is 23.0. The maximum atomic E-state index is 13.4. The fourth-order valence-corrected chi connectivity index (χ4v) is 6.00. The Hall–Kier alpha value is -2.14. The van der Waals surface area contributed by atoms with Gasteiger partial charge >= 0.3 is 6.18 Å². The van der Waals surface area contributed by atoms with Gasteiger partial charge in [-0.3, -0.25) is 4.90 Å². The maximum Gasteiger partial charge on any atom is 0.416 e. The van der Waals surface area contributed by atoms with Gasteiger partial charge in [0.1, 0.15) is 0 Å². The molecule has 0 saturated carbocycles. The molecule has 0 radical (unpaired) electrons. The molecule has 0 bridgehead atoms. The molecule has 0 unspecified atom stereocenters. The SMILES string of the molecule is O=S1(=O)c2ccccc2N(CCCN2CCN(CCO)CC2)c2cc(C(F)(F)F)ccc21. The van der Waals surface area contributed by atoms with E-state index in [0.717, 1.165) is 50.9 Å². The number of rotatable bonds is 6. The van der Waals surface area contributed by atoms with Crippen molar-refractivity contribution in [2.45, 2.75) is 22.4 Å². The summed E-state index contributed by atoms with van der Waals surface area (Å²) in [4.78, 5) is 6.19. The highest BCUT2D eigenvalue weighted by atomic mass is 32.2. The predicted molar refractivity (Wildman–Crippen MR) is 115 cm³/mol. The van der Waals surface area contributed by atoms with Crippen molar-refractivity contribution >= 4 is 21.2 Å². The number of hydrogen-bond donors (Lipinski definition) is 1. The largest absolute Gasteiger partial charge is 0.416 e. The minimum atomic E-state index is -4.56. The fourth-order valence-electron chi connectivity index (χ4n) is 4.36. The molecule has 4 rings (SSSR count). The van der Waals surface area contributed by atoms with E-state index < -0.39 is 21.6 Å². The molecule has 2 heterocycles. The standard InChI is InChI=1S/C22H26F3N3O3S/c23-22(24,25)17-6-7-21-19(16-17)28(18-4-1-2-5-20(18)32(21,30)31)9-3-8-26-10-12-27(13-11-26)14-15-29/h1-2,4-7,16,29H,3,8-15H2. The second kappa shape index (κ2) is 9.01. The van der Waals surface area contributed by atoms with E-state index in [2.05, 4.69) is 9.80 Å². The lowest BCUT2D eigenvalue weighted by molar-refractivity contribution is -0.137. The Morgan fingerprint density at radius 3 is 2.12 bits per heavy atom. The summed E-state index contributed by atoms with van der Waals surface area (Å²) in [6, 6.07) is 9.29. The van der Waals surface area contributed by atoms with Gasteiger partial charge in [-0.1, -0.05) is 12.1 Å². The average Bonchev–Trinajstić information content (AvgIpc) is 2.76. The smallest absolute Gasteiger partial charge is 0.395 e. The molecule has 0 amide bonds. The van der Waals surface area contributed by atoms with Gasteiger partial charge in [-0.25, -0.2) is 8.42 Å². The van der Waals surface area contributed by atoms with Crippen molar-refractivity contribution in [3.8, 4) is 0 Å². The van der Waals surface area contributed by atoms with Crippen LogP contribution < -0.4 is 4.90 Å². The monoisotopic (exact) mass is 469 g/mol. The summed E-state index contributed by atoms with van der Waals surface area (Å²) >= 11 is 0. The lowest BCUT2D eigenvalue weighted by atomic mass is 10.1. The molecule has 10 heteroatoms. The molecule has 1 N–H and O–H groups in total. The van der Waals surface area contributed by atoms with E-state index in [-0.39, 0.29) is 22.1 Å². The van der Waals surface area contributed by atoms with Crippen LogP contribution in [0.2, 0.25) is 0 Å². The predicted octanol–water partition coefficient (Wildman–Crippen LogP) is 2.99. The lowest BCUT2D eigenvalue weighted by Crippen LogP contribution is -2.47. The topological polar surface area (TPSA) is 64.1 Å². The summed E-state index contributed by atoms with van der Waals surface area (Å²) in [7, 11) is -3.90. The first-order valence-corrected chi connectivity index (χ1v) is 12.1. The van der Waals surface area contributed by atoms with Gasteiger partial charge in [-0.05, 0) is 43.3 Å². The van der Waals surface area contributed by atoms with Crippen LogP contribution in [0.5, 0.6) is 0 Å². The zero-order chi connectivity index (χ0) is 22.9. The molecule has 1 fully saturated rings. The number of fused-ring (bicyclic) bond motifs is 2. The minimum Gasteiger partial charge on any atom is -0.395 e. The summed E-state index contributed by atoms with van der Waals surface area (Å²) in [6.07, 6.45) is -3.89. The Morgan fingerprint density at radius 1 is 0.844 bits per heavy atom. The second-order valence-corrected chi connectivity index (χ2v) is 9.95. The normalized spacial score (nSPS) is 18.9. The molecule has 0 spiro atoms. The zero-order valence-electron chi connectivity index (χ0n) is 17.6. The zero-order valence-corrected chi connectivity index (χ0v) is 18.4. The van der Waals surface area contributed by atoms with Crippen LogP contribution in [0.3, 0.4) is 0 Å². The summed E-state index contributed by atoms with van der Waals surface area (Å²) in [5.41, 5.74) is -0.380. The van der Waals surface area contributed by atoms with Gasteiger partial charge in [0.05, 0.1) is 33.3 Å². The number of aliphatic hydroxyl groups excluding tert-OH is 1. The molecular weight excluding hydrogens is 443 g/mol. The molecule has 174 valence electrons. The Balaban J connectivity index is 1.57. The van der Waals surface area contributed by atoms with E-state index in [4.69, 9.17) is 5.11 Å². The van der Waals surface area contributed by atoms with Gasteiger partial charge in [0.25, 0.3) is 0 Å². The Labute approximate surface area is 185 Å². The van der Waals surface area contributed by atoms with Crippen LogP contribution in [-0.4, -0.2) is 75.7 Å². The highest BCUT2D eigenvalue weighted by Crippen LogP contribution is 2.46. The molecule has 2 aliphatic heterocycles. The Bertz CT molecular complexity index is 1070. The molecule has 2 aliphatic rings. The number of nitrogens with zero attached hydrogens (tertiary/aromatic N) is 3. The van der Waals surface area contributed by atoms with Gasteiger partial charge in [0.2, 0.25) is 9.84 Å². The second-order valence-electron chi connectivity index (χ2n) is 8.06. The number of alkyl halides is 3. The number of benzene rings is 2. The third-order valence-electron chi connectivity index (χ3n) is 6.05. The number of sulfone groups is 1. The van der Waals surface area contributed by atoms with E-state index in [0.29, 0.717) is 25.2 Å². The lowest BCUT2D eigenvalue weighted by Gasteiger charge is -2.36. The molecule has 2 aromatic carbocycles. The first-order chi connectivity index (χ1) is 15.2. The number of para-hydroxylation sites is 1. The minimum absolute atomic E-state index is 0.0753. The Kier molecular flexibility index (Phi) is 6.49. The number of piperazine rings is 1. The molecule has 0 atom stereocenters. The van der Waals surface area contributed by atoms with Crippen molar-refractivity contribution in [2.75, 3.05) is 57.3 Å². The van der Waals surface area contributed by atoms with Gasteiger partial charge in [0.15, 0.2) is 0 Å². The van der Waals surface area contributed by atoms with Gasteiger partial charge in [-0.2, -0.15) is 13.2 Å². The van der Waals surface area contributed by atoms with Crippen LogP contribution in [0, 0.1) is 0 Å². The summed E-state index contributed by atoms with van der Waals surface area (Å²) in [5, 5.41) is 9.06. The quantitative estimate of drug-likeness (QED) is 0.702. The third-order valence-corrected chi connectivity index (χ3v) is 7.90. The molecule has 32 heavy (non-hydrogen) atoms. The van der Waals surface area contributed by atoms with Crippen molar-refractivity contribution < 1.29 is 26.7 Å². The van der Waals surface area contributed by atoms with Crippen LogP contribution in [0.1, 0.15) is 12.0 Å². The molecule has 6 nitrogen and oxygen atoms in total. The van der Waals surface area contributed by atoms with E-state index in [1.165, 1.54) is 6.07 Å². The van der Waals surface area contributed by atoms with Crippen molar-refractivity contribution in [1.82, 2.24) is 9.80 Å². The highest BCUT2D eigenvalue weighted by molar-refractivity contribution is 7.92. The number of halogens is 3. The summed E-state index contributed by atoms with van der Waals surface area (Å²) in [5.74, 6) is 0. The molecule has 0 aliphatic carbocycles. The van der Waals surface area contributed by atoms with Crippen LogP contribution in [0.4, 0.5) is 24.5 Å². The van der Waals surface area contributed by atoms with Crippen LogP contribution in [-0.2, 0) is 16.0 Å². The molecular formula is C22H26F3N3O3S. The molecule has 2 aromatic rings. The van der Waals surface area contributed by atoms with Crippen LogP contribution >= 0.6 is 0 Å². The average molecular weight is 470 g/mol. The van der Waals surface area contributed by atoms with Crippen LogP contribution in [0.15, 0.2) is 52.3 Å². The van der Waals surface area contributed by atoms with Crippen molar-refractivity contribution in [1.29, 1.82) is 0 Å². The van der Waals surface area contributed by atoms with E-state index in [9.17, 15) is 21.6 Å². The van der Waals surface area contributed by atoms with Gasteiger partial charge in [0, 0.05) is 39.3 Å². The number of β-amino-alcohol motifs (C(OH)–C–C–N with tert-alkyl or cyclic N) is 1. The molecule has 0 aromatic heterocycles. The number of anilines is 2. The number of aliphatic hydroxyl groups is 1. The number of hydrogen-bond acceptors (Lipinski definition) is 6. The van der Waals surface area contributed by atoms with Crippen molar-refractivity contribution in [3.63, 3.8) is 0 Å². The molecule has 1 saturated heterocycles. The fraction of sp³-hybridized carbons (Fsp3) is 0.455. The van der Waals surface area contributed by atoms with E-state index in [1.807, 2.05) is 0 Å². The highest BCUT2D eigenvalue weighted by Gasteiger charge is 2.37. The maximum absolute atomic E-state index is 13.4. The first-order valence-electron chi connectivity index (χ1n) is 10.6. The van der Waals surface area contributed by atoms with E-state index >= 15 is 0 Å². The summed E-state index contributed by atoms with van der Waals surface area (Å²) in [6.45, 7) is 5.40. The van der Waals surface area contributed by atoms with Gasteiger partial charge in [-0.15, -0.1) is 0 Å². The summed E-state index contributed by atoms with van der Waals surface area (Å²) < 4.78 is 66.2. The third kappa shape index (κ3) is 4.50. The van der Waals surface area contributed by atoms with Crippen molar-refractivity contribution in [2.24, 2.45) is 0 Å². The van der Waals surface area contributed by atoms with Gasteiger partial charge < -0.3 is 14.9 Å².